The van der Waals surface area contributed by atoms with Crippen molar-refractivity contribution in [2.75, 3.05) is 13.2 Å². The van der Waals surface area contributed by atoms with Gasteiger partial charge in [0.25, 0.3) is 0 Å². The Hall–Kier alpha value is -0.980. The quantitative estimate of drug-likeness (QED) is 0.795. The maximum Gasteiger partial charge on any atom is 0.350 e. The van der Waals surface area contributed by atoms with Gasteiger partial charge in [0.05, 0.1) is 18.9 Å². The molecular weight excluding hydrogens is 228 g/mol. The van der Waals surface area contributed by atoms with E-state index in [9.17, 15) is 4.79 Å². The van der Waals surface area contributed by atoms with Crippen molar-refractivity contribution in [2.24, 2.45) is 5.73 Å². The Labute approximate surface area is 97.6 Å². The van der Waals surface area contributed by atoms with Gasteiger partial charge in [0.2, 0.25) is 0 Å². The summed E-state index contributed by atoms with van der Waals surface area (Å²) in [5, 5.41) is 0.757. The molecule has 0 spiro atoms. The minimum absolute atomic E-state index is 0.115. The van der Waals surface area contributed by atoms with Crippen LogP contribution in [0.15, 0.2) is 0 Å². The second kappa shape index (κ2) is 4.90. The number of rotatable bonds is 3. The first-order valence-electron chi connectivity index (χ1n) is 5.16. The van der Waals surface area contributed by atoms with Crippen LogP contribution in [0.5, 0.6) is 0 Å². The molecule has 5 nitrogen and oxygen atoms in total. The lowest BCUT2D eigenvalue weighted by molar-refractivity contribution is 0.0275. The minimum atomic E-state index is -0.315. The van der Waals surface area contributed by atoms with Gasteiger partial charge in [-0.1, -0.05) is 0 Å². The zero-order chi connectivity index (χ0) is 11.5. The van der Waals surface area contributed by atoms with Gasteiger partial charge < -0.3 is 15.2 Å². The molecule has 1 aromatic heterocycles. The van der Waals surface area contributed by atoms with Gasteiger partial charge in [-0.2, -0.15) is 0 Å². The third kappa shape index (κ3) is 2.40. The van der Waals surface area contributed by atoms with Gasteiger partial charge in [-0.15, -0.1) is 11.3 Å². The molecule has 0 amide bonds. The number of hydrogen-bond donors (Lipinski definition) is 1. The largest absolute Gasteiger partial charge is 0.456 e. The molecule has 2 heterocycles. The molecule has 2 rings (SSSR count). The maximum absolute atomic E-state index is 11.8. The van der Waals surface area contributed by atoms with Gasteiger partial charge in [0.15, 0.2) is 0 Å². The van der Waals surface area contributed by atoms with Crippen LogP contribution in [0.25, 0.3) is 0 Å². The number of nitrogens with zero attached hydrogens (tertiary/aromatic N) is 1. The summed E-state index contributed by atoms with van der Waals surface area (Å²) < 4.78 is 10.4. The molecule has 0 bridgehead atoms. The van der Waals surface area contributed by atoms with Crippen LogP contribution in [0.4, 0.5) is 0 Å². The summed E-state index contributed by atoms with van der Waals surface area (Å²) in [6.45, 7) is 3.30. The molecule has 1 unspecified atom stereocenters. The van der Waals surface area contributed by atoms with Gasteiger partial charge in [0.1, 0.15) is 16.0 Å². The predicted molar refractivity (Wildman–Crippen MR) is 59.4 cm³/mol. The Balaban J connectivity index is 2.04. The van der Waals surface area contributed by atoms with E-state index in [2.05, 4.69) is 4.98 Å². The van der Waals surface area contributed by atoms with Crippen LogP contribution in [-0.2, 0) is 16.0 Å². The van der Waals surface area contributed by atoms with Crippen molar-refractivity contribution < 1.29 is 14.3 Å². The molecule has 0 aliphatic carbocycles. The van der Waals surface area contributed by atoms with Gasteiger partial charge >= 0.3 is 5.97 Å². The molecule has 88 valence electrons. The highest BCUT2D eigenvalue weighted by molar-refractivity contribution is 7.13. The van der Waals surface area contributed by atoms with E-state index in [1.54, 1.807) is 6.92 Å². The molecule has 1 fully saturated rings. The number of thiazole rings is 1. The van der Waals surface area contributed by atoms with E-state index in [0.717, 1.165) is 11.4 Å². The van der Waals surface area contributed by atoms with E-state index >= 15 is 0 Å². The lowest BCUT2D eigenvalue weighted by Crippen LogP contribution is -2.17. The van der Waals surface area contributed by atoms with Crippen LogP contribution in [0, 0.1) is 6.92 Å². The van der Waals surface area contributed by atoms with E-state index in [1.807, 2.05) is 0 Å². The molecule has 1 aliphatic rings. The Bertz CT molecular complexity index is 385. The predicted octanol–water partition coefficient (Wildman–Crippen LogP) is 0.856. The number of nitrogens with two attached hydrogens (primary N) is 1. The topological polar surface area (TPSA) is 74.4 Å². The van der Waals surface area contributed by atoms with Crippen molar-refractivity contribution >= 4 is 17.3 Å². The molecule has 0 radical (unpaired) electrons. The highest BCUT2D eigenvalue weighted by Crippen LogP contribution is 2.20. The number of ether oxygens (including phenoxy) is 2. The van der Waals surface area contributed by atoms with Crippen molar-refractivity contribution in [1.29, 1.82) is 0 Å². The lowest BCUT2D eigenvalue weighted by Gasteiger charge is -2.08. The first-order valence-corrected chi connectivity index (χ1v) is 5.97. The monoisotopic (exact) mass is 242 g/mol. The summed E-state index contributed by atoms with van der Waals surface area (Å²) in [4.78, 5) is 16.5. The first kappa shape index (κ1) is 11.5. The number of hydrogen-bond acceptors (Lipinski definition) is 6. The molecule has 1 aromatic rings. The fraction of sp³-hybridized carbons (Fsp3) is 0.600. The average Bonchev–Trinajstić information content (AvgIpc) is 2.87. The Morgan fingerprint density at radius 1 is 1.75 bits per heavy atom. The average molecular weight is 242 g/mol. The molecule has 16 heavy (non-hydrogen) atoms. The number of aromatic nitrogens is 1. The summed E-state index contributed by atoms with van der Waals surface area (Å²) in [7, 11) is 0. The van der Waals surface area contributed by atoms with E-state index < -0.39 is 0 Å². The molecule has 0 saturated carbocycles. The Kier molecular flexibility index (Phi) is 3.52. The summed E-state index contributed by atoms with van der Waals surface area (Å²) in [5.41, 5.74) is 6.16. The van der Waals surface area contributed by atoms with Crippen LogP contribution in [0.3, 0.4) is 0 Å². The SMILES string of the molecule is Cc1nc(CN)sc1C(=O)OC1CCOC1. The number of esters is 1. The van der Waals surface area contributed by atoms with Crippen LogP contribution >= 0.6 is 11.3 Å². The third-order valence-electron chi connectivity index (χ3n) is 2.36. The van der Waals surface area contributed by atoms with Crippen molar-refractivity contribution in [2.45, 2.75) is 26.0 Å². The smallest absolute Gasteiger partial charge is 0.350 e. The number of carbonyl (C=O) groups is 1. The van der Waals surface area contributed by atoms with Gasteiger partial charge in [0, 0.05) is 13.0 Å². The number of carbonyl (C=O) groups excluding carboxylic acids is 1. The maximum atomic E-state index is 11.8. The van der Waals surface area contributed by atoms with E-state index in [1.165, 1.54) is 11.3 Å². The van der Waals surface area contributed by atoms with Gasteiger partial charge in [-0.3, -0.25) is 0 Å². The van der Waals surface area contributed by atoms with Crippen LogP contribution in [-0.4, -0.2) is 30.3 Å². The number of aryl methyl sites for hydroxylation is 1. The molecular formula is C10H14N2O3S. The minimum Gasteiger partial charge on any atom is -0.456 e. The second-order valence-electron chi connectivity index (χ2n) is 3.62. The van der Waals surface area contributed by atoms with Crippen molar-refractivity contribution in [3.63, 3.8) is 0 Å². The summed E-state index contributed by atoms with van der Waals surface area (Å²) in [6.07, 6.45) is 0.656. The van der Waals surface area contributed by atoms with Crippen LogP contribution < -0.4 is 5.73 Å². The molecule has 1 saturated heterocycles. The highest BCUT2D eigenvalue weighted by atomic mass is 32.1. The summed E-state index contributed by atoms with van der Waals surface area (Å²) in [6, 6.07) is 0. The zero-order valence-electron chi connectivity index (χ0n) is 9.06. The normalized spacial score (nSPS) is 20.0. The molecule has 0 aromatic carbocycles. The van der Waals surface area contributed by atoms with E-state index in [4.69, 9.17) is 15.2 Å². The van der Waals surface area contributed by atoms with Crippen molar-refractivity contribution in [3.8, 4) is 0 Å². The van der Waals surface area contributed by atoms with Gasteiger partial charge in [-0.05, 0) is 6.92 Å². The zero-order valence-corrected chi connectivity index (χ0v) is 9.88. The summed E-state index contributed by atoms with van der Waals surface area (Å²) >= 11 is 1.30. The van der Waals surface area contributed by atoms with E-state index in [-0.39, 0.29) is 12.1 Å². The van der Waals surface area contributed by atoms with E-state index in [0.29, 0.717) is 30.3 Å². The van der Waals surface area contributed by atoms with Crippen molar-refractivity contribution in [3.05, 3.63) is 15.6 Å². The fourth-order valence-electron chi connectivity index (χ4n) is 1.54. The fourth-order valence-corrected chi connectivity index (χ4v) is 2.37. The standard InChI is InChI=1S/C10H14N2O3S/c1-6-9(16-8(4-11)12-6)10(13)15-7-2-3-14-5-7/h7H,2-5,11H2,1H3. The Morgan fingerprint density at radius 3 is 3.12 bits per heavy atom. The van der Waals surface area contributed by atoms with Gasteiger partial charge in [-0.25, -0.2) is 9.78 Å². The lowest BCUT2D eigenvalue weighted by atomic mass is 10.3. The first-order chi connectivity index (χ1) is 7.70. The molecule has 1 aliphatic heterocycles. The third-order valence-corrected chi connectivity index (χ3v) is 3.52. The van der Waals surface area contributed by atoms with Crippen molar-refractivity contribution in [1.82, 2.24) is 4.98 Å². The second-order valence-corrected chi connectivity index (χ2v) is 4.70. The van der Waals surface area contributed by atoms with Crippen LogP contribution in [0.2, 0.25) is 0 Å². The molecule has 1 atom stereocenters. The Morgan fingerprint density at radius 2 is 2.56 bits per heavy atom. The van der Waals surface area contributed by atoms with Crippen LogP contribution in [0.1, 0.15) is 26.8 Å². The molecule has 2 N–H and O–H groups in total. The molecule has 6 heteroatoms. The highest BCUT2D eigenvalue weighted by Gasteiger charge is 2.23. The summed E-state index contributed by atoms with van der Waals surface area (Å²) in [5.74, 6) is -0.315.